The van der Waals surface area contributed by atoms with Gasteiger partial charge in [0.1, 0.15) is 5.75 Å². The Morgan fingerprint density at radius 2 is 1.84 bits per heavy atom. The predicted octanol–water partition coefficient (Wildman–Crippen LogP) is 4.32. The second-order valence-corrected chi connectivity index (χ2v) is 5.09. The Morgan fingerprint density at radius 3 is 2.48 bits per heavy atom. The lowest BCUT2D eigenvalue weighted by atomic mass is 10.1. The molecule has 0 saturated carbocycles. The number of benzene rings is 2. The number of carbonyl (C=O) groups excluding carboxylic acids is 1. The van der Waals surface area contributed by atoms with Crippen LogP contribution in [-0.2, 0) is 0 Å². The summed E-state index contributed by atoms with van der Waals surface area (Å²) in [5.41, 5.74) is 0.610. The topological polar surface area (TPSA) is 59.6 Å². The summed E-state index contributed by atoms with van der Waals surface area (Å²) < 4.78 is 47.6. The van der Waals surface area contributed by atoms with Crippen molar-refractivity contribution in [2.75, 3.05) is 12.4 Å². The minimum absolute atomic E-state index is 0.0911. The minimum atomic E-state index is -3.01. The third kappa shape index (κ3) is 5.03. The van der Waals surface area contributed by atoms with Crippen molar-refractivity contribution in [3.8, 4) is 11.5 Å². The third-order valence-corrected chi connectivity index (χ3v) is 3.37. The number of anilines is 1. The lowest BCUT2D eigenvalue weighted by molar-refractivity contribution is -0.0493. The molecule has 1 unspecified atom stereocenters. The molecular weight excluding hydrogens is 337 g/mol. The maximum atomic E-state index is 13.7. The lowest BCUT2D eigenvalue weighted by Crippen LogP contribution is -2.31. The summed E-state index contributed by atoms with van der Waals surface area (Å²) >= 11 is 0. The molecule has 0 bridgehead atoms. The number of nitrogens with one attached hydrogen (secondary N) is 2. The highest BCUT2D eigenvalue weighted by atomic mass is 19.3. The molecule has 2 aromatic rings. The van der Waals surface area contributed by atoms with Crippen molar-refractivity contribution in [1.82, 2.24) is 5.32 Å². The molecule has 25 heavy (non-hydrogen) atoms. The summed E-state index contributed by atoms with van der Waals surface area (Å²) in [6.07, 6.45) is 0. The van der Waals surface area contributed by atoms with Gasteiger partial charge in [-0.1, -0.05) is 18.2 Å². The molecular formula is C17H17F3N2O3. The monoisotopic (exact) mass is 354 g/mol. The van der Waals surface area contributed by atoms with Gasteiger partial charge in [-0.05, 0) is 36.8 Å². The lowest BCUT2D eigenvalue weighted by Gasteiger charge is -2.17. The van der Waals surface area contributed by atoms with E-state index in [1.165, 1.54) is 37.4 Å². The zero-order valence-electron chi connectivity index (χ0n) is 13.6. The first-order chi connectivity index (χ1) is 11.9. The minimum Gasteiger partial charge on any atom is -0.494 e. The fourth-order valence-corrected chi connectivity index (χ4v) is 2.16. The van der Waals surface area contributed by atoms with Crippen molar-refractivity contribution >= 4 is 11.7 Å². The largest absolute Gasteiger partial charge is 0.494 e. The molecule has 2 aromatic carbocycles. The van der Waals surface area contributed by atoms with Crippen LogP contribution in [0.1, 0.15) is 18.5 Å². The number of urea groups is 1. The van der Waals surface area contributed by atoms with Gasteiger partial charge in [0.05, 0.1) is 18.8 Å². The molecule has 0 aliphatic rings. The van der Waals surface area contributed by atoms with Crippen molar-refractivity contribution in [2.24, 2.45) is 0 Å². The van der Waals surface area contributed by atoms with Gasteiger partial charge in [0, 0.05) is 0 Å². The molecule has 0 aliphatic carbocycles. The molecule has 2 N–H and O–H groups in total. The number of rotatable bonds is 6. The number of halogens is 3. The van der Waals surface area contributed by atoms with Gasteiger partial charge in [0.2, 0.25) is 0 Å². The average molecular weight is 354 g/mol. The SMILES string of the molecule is COc1ccc(C(C)NC(=O)Nc2ccccc2OC(F)F)cc1F. The molecule has 0 radical (unpaired) electrons. The van der Waals surface area contributed by atoms with Crippen molar-refractivity contribution in [1.29, 1.82) is 0 Å². The van der Waals surface area contributed by atoms with Gasteiger partial charge in [0.15, 0.2) is 11.6 Å². The van der Waals surface area contributed by atoms with Crippen molar-refractivity contribution in [2.45, 2.75) is 19.6 Å². The molecule has 0 fully saturated rings. The standard InChI is InChI=1S/C17H17F3N2O3/c1-10(11-7-8-14(24-2)12(18)9-11)21-17(23)22-13-5-3-4-6-15(13)25-16(19)20/h3-10,16H,1-2H3,(H2,21,22,23). The van der Waals surface area contributed by atoms with Gasteiger partial charge in [-0.3, -0.25) is 0 Å². The molecule has 5 nitrogen and oxygen atoms in total. The zero-order chi connectivity index (χ0) is 18.4. The van der Waals surface area contributed by atoms with Crippen molar-refractivity contribution in [3.63, 3.8) is 0 Å². The fourth-order valence-electron chi connectivity index (χ4n) is 2.16. The summed E-state index contributed by atoms with van der Waals surface area (Å²) in [7, 11) is 1.35. The summed E-state index contributed by atoms with van der Waals surface area (Å²) in [5.74, 6) is -0.612. The molecule has 0 spiro atoms. The Hall–Kier alpha value is -2.90. The van der Waals surface area contributed by atoms with Crippen LogP contribution in [0.3, 0.4) is 0 Å². The zero-order valence-corrected chi connectivity index (χ0v) is 13.6. The quantitative estimate of drug-likeness (QED) is 0.812. The van der Waals surface area contributed by atoms with E-state index in [1.54, 1.807) is 19.1 Å². The molecule has 1 atom stereocenters. The Bertz CT molecular complexity index is 741. The first-order valence-corrected chi connectivity index (χ1v) is 7.35. The molecule has 2 amide bonds. The van der Waals surface area contributed by atoms with Gasteiger partial charge in [0.25, 0.3) is 0 Å². The van der Waals surface area contributed by atoms with Gasteiger partial charge in [-0.2, -0.15) is 8.78 Å². The van der Waals surface area contributed by atoms with Crippen LogP contribution in [-0.4, -0.2) is 19.8 Å². The Labute approximate surface area is 142 Å². The van der Waals surface area contributed by atoms with Gasteiger partial charge in [-0.15, -0.1) is 0 Å². The van der Waals surface area contributed by atoms with E-state index in [1.807, 2.05) is 0 Å². The van der Waals surface area contributed by atoms with E-state index in [-0.39, 0.29) is 17.2 Å². The maximum absolute atomic E-state index is 13.7. The van der Waals surface area contributed by atoms with Crippen LogP contribution < -0.4 is 20.1 Å². The van der Waals surface area contributed by atoms with Crippen molar-refractivity contribution < 1.29 is 27.4 Å². The molecule has 8 heteroatoms. The number of amides is 2. The highest BCUT2D eigenvalue weighted by Gasteiger charge is 2.15. The molecule has 134 valence electrons. The van der Waals surface area contributed by atoms with E-state index in [4.69, 9.17) is 4.74 Å². The number of hydrogen-bond acceptors (Lipinski definition) is 3. The number of methoxy groups -OCH3 is 1. The summed E-state index contributed by atoms with van der Waals surface area (Å²) in [6, 6.07) is 8.95. The normalized spacial score (nSPS) is 11.8. The second-order valence-electron chi connectivity index (χ2n) is 5.09. The van der Waals surface area contributed by atoms with E-state index in [9.17, 15) is 18.0 Å². The summed E-state index contributed by atoms with van der Waals surface area (Å²) in [6.45, 7) is -1.35. The predicted molar refractivity (Wildman–Crippen MR) is 86.6 cm³/mol. The van der Waals surface area contributed by atoms with Crippen LogP contribution >= 0.6 is 0 Å². The first kappa shape index (κ1) is 18.4. The van der Waals surface area contributed by atoms with Crippen LogP contribution in [0.4, 0.5) is 23.7 Å². The van der Waals surface area contributed by atoms with E-state index >= 15 is 0 Å². The van der Waals surface area contributed by atoms with E-state index in [2.05, 4.69) is 15.4 Å². The van der Waals surface area contributed by atoms with Crippen LogP contribution in [0, 0.1) is 5.82 Å². The highest BCUT2D eigenvalue weighted by Crippen LogP contribution is 2.26. The summed E-state index contributed by atoms with van der Waals surface area (Å²) in [5, 5.41) is 5.02. The number of para-hydroxylation sites is 2. The number of carbonyl (C=O) groups is 1. The van der Waals surface area contributed by atoms with E-state index in [0.29, 0.717) is 5.56 Å². The first-order valence-electron chi connectivity index (χ1n) is 7.35. The third-order valence-electron chi connectivity index (χ3n) is 3.37. The van der Waals surface area contributed by atoms with Crippen LogP contribution in [0.25, 0.3) is 0 Å². The van der Waals surface area contributed by atoms with Gasteiger partial charge in [-0.25, -0.2) is 9.18 Å². The van der Waals surface area contributed by atoms with Gasteiger partial charge < -0.3 is 20.1 Å². The van der Waals surface area contributed by atoms with Gasteiger partial charge >= 0.3 is 12.6 Å². The summed E-state index contributed by atoms with van der Waals surface area (Å²) in [4.78, 5) is 12.1. The maximum Gasteiger partial charge on any atom is 0.387 e. The van der Waals surface area contributed by atoms with Crippen LogP contribution in [0.2, 0.25) is 0 Å². The van der Waals surface area contributed by atoms with Crippen LogP contribution in [0.5, 0.6) is 11.5 Å². The highest BCUT2D eigenvalue weighted by molar-refractivity contribution is 5.91. The number of hydrogen-bond donors (Lipinski definition) is 2. The molecule has 0 heterocycles. The number of ether oxygens (including phenoxy) is 2. The average Bonchev–Trinajstić information content (AvgIpc) is 2.56. The number of alkyl halides is 2. The van der Waals surface area contributed by atoms with E-state index < -0.39 is 24.5 Å². The smallest absolute Gasteiger partial charge is 0.387 e. The molecule has 0 saturated heterocycles. The molecule has 2 rings (SSSR count). The molecule has 0 aromatic heterocycles. The second kappa shape index (κ2) is 8.27. The Balaban J connectivity index is 2.04. The van der Waals surface area contributed by atoms with Crippen LogP contribution in [0.15, 0.2) is 42.5 Å². The Morgan fingerprint density at radius 1 is 1.12 bits per heavy atom. The fraction of sp³-hybridized carbons (Fsp3) is 0.235. The Kier molecular flexibility index (Phi) is 6.10. The van der Waals surface area contributed by atoms with Crippen molar-refractivity contribution in [3.05, 3.63) is 53.8 Å². The molecule has 0 aliphatic heterocycles. The van der Waals surface area contributed by atoms with E-state index in [0.717, 1.165) is 0 Å².